The van der Waals surface area contributed by atoms with E-state index in [1.807, 2.05) is 13.8 Å². The number of carbonyl (C=O) groups excluding carboxylic acids is 1. The number of ether oxygens (including phenoxy) is 2. The maximum Gasteiger partial charge on any atom is 0.303 e. The van der Waals surface area contributed by atoms with Gasteiger partial charge in [0.05, 0.1) is 12.2 Å². The average molecular weight is 294 g/mol. The minimum Gasteiger partial charge on any atom is -0.459 e. The molecule has 0 aromatic carbocycles. The monoisotopic (exact) mass is 294 g/mol. The van der Waals surface area contributed by atoms with Crippen LogP contribution in [0.2, 0.25) is 0 Å². The van der Waals surface area contributed by atoms with Crippen LogP contribution in [0.3, 0.4) is 0 Å². The smallest absolute Gasteiger partial charge is 0.303 e. The zero-order valence-electron chi connectivity index (χ0n) is 13.2. The van der Waals surface area contributed by atoms with E-state index in [1.54, 1.807) is 0 Å². The van der Waals surface area contributed by atoms with Crippen molar-refractivity contribution in [1.82, 2.24) is 0 Å². The van der Waals surface area contributed by atoms with Crippen LogP contribution in [0.5, 0.6) is 0 Å². The summed E-state index contributed by atoms with van der Waals surface area (Å²) in [6, 6.07) is 0. The lowest BCUT2D eigenvalue weighted by atomic mass is 9.81. The number of aliphatic hydroxyl groups excluding tert-OH is 1. The molecule has 2 rings (SSSR count). The van der Waals surface area contributed by atoms with E-state index in [0.717, 1.165) is 24.0 Å². The summed E-state index contributed by atoms with van der Waals surface area (Å²) < 4.78 is 11.3. The van der Waals surface area contributed by atoms with E-state index in [-0.39, 0.29) is 24.1 Å². The Labute approximate surface area is 126 Å². The molecule has 118 valence electrons. The van der Waals surface area contributed by atoms with Gasteiger partial charge in [-0.25, -0.2) is 0 Å². The highest BCUT2D eigenvalue weighted by atomic mass is 16.6. The van der Waals surface area contributed by atoms with Crippen LogP contribution in [0.15, 0.2) is 24.3 Å². The van der Waals surface area contributed by atoms with E-state index in [4.69, 9.17) is 9.47 Å². The Morgan fingerprint density at radius 2 is 2.10 bits per heavy atom. The second-order valence-corrected chi connectivity index (χ2v) is 6.62. The van der Waals surface area contributed by atoms with Crippen LogP contribution in [0.4, 0.5) is 0 Å². The van der Waals surface area contributed by atoms with Gasteiger partial charge in [0, 0.05) is 6.92 Å². The Hall–Kier alpha value is -1.13. The van der Waals surface area contributed by atoms with Crippen molar-refractivity contribution in [3.63, 3.8) is 0 Å². The lowest BCUT2D eigenvalue weighted by Crippen LogP contribution is -2.37. The van der Waals surface area contributed by atoms with Gasteiger partial charge in [-0.3, -0.25) is 4.79 Å². The van der Waals surface area contributed by atoms with E-state index < -0.39 is 11.7 Å². The number of esters is 1. The molecular weight excluding hydrogens is 268 g/mol. The first-order chi connectivity index (χ1) is 9.74. The van der Waals surface area contributed by atoms with Crippen molar-refractivity contribution in [2.75, 3.05) is 0 Å². The van der Waals surface area contributed by atoms with Gasteiger partial charge < -0.3 is 14.6 Å². The third-order valence-electron chi connectivity index (χ3n) is 4.83. The molecule has 1 saturated carbocycles. The average Bonchev–Trinajstić information content (AvgIpc) is 3.05. The van der Waals surface area contributed by atoms with Crippen LogP contribution in [0, 0.1) is 5.92 Å². The molecule has 2 aliphatic rings. The van der Waals surface area contributed by atoms with Crippen molar-refractivity contribution in [1.29, 1.82) is 0 Å². The highest BCUT2D eigenvalue weighted by Gasteiger charge is 2.59. The third kappa shape index (κ3) is 3.55. The topological polar surface area (TPSA) is 59.1 Å². The van der Waals surface area contributed by atoms with Crippen molar-refractivity contribution < 1.29 is 19.4 Å². The molecule has 0 aromatic rings. The SMILES string of the molecule is C=C(C)[C@@H]1CC(OC(C)=O)[C@@]2(C)O[C@@H]2CCC(=C)[C@H](O)C1. The van der Waals surface area contributed by atoms with Gasteiger partial charge >= 0.3 is 5.97 Å². The first-order valence-electron chi connectivity index (χ1n) is 7.60. The summed E-state index contributed by atoms with van der Waals surface area (Å²) in [6.07, 6.45) is 1.99. The van der Waals surface area contributed by atoms with Crippen LogP contribution < -0.4 is 0 Å². The largest absolute Gasteiger partial charge is 0.459 e. The maximum atomic E-state index is 11.4. The molecule has 1 saturated heterocycles. The van der Waals surface area contributed by atoms with Gasteiger partial charge in [0.25, 0.3) is 0 Å². The molecule has 0 amide bonds. The van der Waals surface area contributed by atoms with Gasteiger partial charge in [0.1, 0.15) is 11.7 Å². The van der Waals surface area contributed by atoms with Crippen LogP contribution >= 0.6 is 0 Å². The summed E-state index contributed by atoms with van der Waals surface area (Å²) in [5.74, 6) is -0.209. The predicted octanol–water partition coefficient (Wildman–Crippen LogP) is 2.76. The van der Waals surface area contributed by atoms with Gasteiger partial charge in [-0.1, -0.05) is 18.7 Å². The molecule has 1 aliphatic heterocycles. The van der Waals surface area contributed by atoms with Crippen molar-refractivity contribution in [3.05, 3.63) is 24.3 Å². The highest BCUT2D eigenvalue weighted by Crippen LogP contribution is 2.47. The van der Waals surface area contributed by atoms with E-state index in [1.165, 1.54) is 6.92 Å². The number of aliphatic hydroxyl groups is 1. The molecule has 4 heteroatoms. The van der Waals surface area contributed by atoms with Crippen molar-refractivity contribution in [2.24, 2.45) is 5.92 Å². The lowest BCUT2D eigenvalue weighted by molar-refractivity contribution is -0.150. The van der Waals surface area contributed by atoms with Crippen molar-refractivity contribution in [3.8, 4) is 0 Å². The molecule has 2 fully saturated rings. The van der Waals surface area contributed by atoms with Gasteiger partial charge in [-0.2, -0.15) is 0 Å². The zero-order valence-corrected chi connectivity index (χ0v) is 13.2. The van der Waals surface area contributed by atoms with Crippen molar-refractivity contribution >= 4 is 5.97 Å². The quantitative estimate of drug-likeness (QED) is 0.483. The van der Waals surface area contributed by atoms with Gasteiger partial charge in [-0.15, -0.1) is 0 Å². The minimum atomic E-state index is -0.534. The fourth-order valence-electron chi connectivity index (χ4n) is 3.18. The predicted molar refractivity (Wildman–Crippen MR) is 80.8 cm³/mol. The first kappa shape index (κ1) is 16.2. The molecule has 4 nitrogen and oxygen atoms in total. The number of epoxide rings is 1. The number of hydrogen-bond acceptors (Lipinski definition) is 4. The second kappa shape index (κ2) is 5.93. The first-order valence-corrected chi connectivity index (χ1v) is 7.60. The molecule has 1 unspecified atom stereocenters. The lowest BCUT2D eigenvalue weighted by Gasteiger charge is -2.29. The van der Waals surface area contributed by atoms with Gasteiger partial charge in [-0.05, 0) is 51.0 Å². The highest BCUT2D eigenvalue weighted by molar-refractivity contribution is 5.66. The number of allylic oxidation sites excluding steroid dienone is 1. The maximum absolute atomic E-state index is 11.4. The van der Waals surface area contributed by atoms with E-state index in [2.05, 4.69) is 13.2 Å². The van der Waals surface area contributed by atoms with Crippen LogP contribution in [-0.4, -0.2) is 35.0 Å². The normalized spacial score (nSPS) is 40.1. The van der Waals surface area contributed by atoms with Crippen LogP contribution in [0.25, 0.3) is 0 Å². The Morgan fingerprint density at radius 3 is 2.67 bits per heavy atom. The Morgan fingerprint density at radius 1 is 1.43 bits per heavy atom. The third-order valence-corrected chi connectivity index (χ3v) is 4.83. The summed E-state index contributed by atoms with van der Waals surface area (Å²) in [6.45, 7) is 13.4. The van der Waals surface area contributed by atoms with E-state index >= 15 is 0 Å². The standard InChI is InChI=1S/C17H26O4/c1-10(2)13-8-14(19)11(3)6-7-15-17(5,21-15)16(9-13)20-12(4)18/h13-16,19H,1,3,6-9H2,2,4-5H3/t13-,14+,15+,16?,17-/m0/s1. The van der Waals surface area contributed by atoms with Crippen LogP contribution in [0.1, 0.15) is 46.5 Å². The number of hydrogen-bond donors (Lipinski definition) is 1. The molecule has 1 aliphatic carbocycles. The number of fused-ring (bicyclic) bond motifs is 1. The van der Waals surface area contributed by atoms with E-state index in [0.29, 0.717) is 12.8 Å². The van der Waals surface area contributed by atoms with Crippen molar-refractivity contribution in [2.45, 2.75) is 70.4 Å². The summed E-state index contributed by atoms with van der Waals surface area (Å²) >= 11 is 0. The second-order valence-electron chi connectivity index (χ2n) is 6.62. The van der Waals surface area contributed by atoms with Crippen LogP contribution in [-0.2, 0) is 14.3 Å². The fraction of sp³-hybridized carbons (Fsp3) is 0.706. The number of rotatable bonds is 2. The molecule has 5 atom stereocenters. The fourth-order valence-corrected chi connectivity index (χ4v) is 3.18. The minimum absolute atomic E-state index is 0.0645. The van der Waals surface area contributed by atoms with Gasteiger partial charge in [0.2, 0.25) is 0 Å². The van der Waals surface area contributed by atoms with Gasteiger partial charge in [0.15, 0.2) is 0 Å². The Balaban J connectivity index is 2.22. The Kier molecular flexibility index (Phi) is 4.59. The Bertz CT molecular complexity index is 456. The molecule has 1 N–H and O–H groups in total. The van der Waals surface area contributed by atoms with E-state index in [9.17, 15) is 9.90 Å². The summed E-state index contributed by atoms with van der Waals surface area (Å²) in [5, 5.41) is 10.3. The molecule has 0 bridgehead atoms. The summed E-state index contributed by atoms with van der Waals surface area (Å²) in [4.78, 5) is 11.4. The zero-order chi connectivity index (χ0) is 15.8. The molecule has 21 heavy (non-hydrogen) atoms. The molecule has 0 spiro atoms. The molecule has 1 heterocycles. The molecule has 0 aromatic heterocycles. The molecular formula is C17H26O4. The summed E-state index contributed by atoms with van der Waals surface area (Å²) in [5.41, 5.74) is 1.42. The molecule has 0 radical (unpaired) electrons. The summed E-state index contributed by atoms with van der Waals surface area (Å²) in [7, 11) is 0. The number of carbonyl (C=O) groups is 1.